The van der Waals surface area contributed by atoms with Crippen molar-refractivity contribution in [2.75, 3.05) is 0 Å². The summed E-state index contributed by atoms with van der Waals surface area (Å²) < 4.78 is 13.4. The third kappa shape index (κ3) is 5.92. The second kappa shape index (κ2) is 12.0. The molecule has 6 nitrogen and oxygen atoms in total. The molecule has 0 bridgehead atoms. The van der Waals surface area contributed by atoms with Crippen LogP contribution in [0.5, 0.6) is 11.5 Å². The number of ether oxygens (including phenoxy) is 2. The molecule has 0 aliphatic rings. The number of rotatable bonds is 6. The lowest BCUT2D eigenvalue weighted by atomic mass is 10.1. The molecule has 8 heteroatoms. The van der Waals surface area contributed by atoms with Gasteiger partial charge in [-0.2, -0.15) is 0 Å². The van der Waals surface area contributed by atoms with Gasteiger partial charge in [-0.25, -0.2) is 19.6 Å². The van der Waals surface area contributed by atoms with Gasteiger partial charge in [0.25, 0.3) is 0 Å². The molecule has 0 amide bonds. The second-order valence-electron chi connectivity index (χ2n) is 11.3. The first-order valence-electron chi connectivity index (χ1n) is 14.7. The summed E-state index contributed by atoms with van der Waals surface area (Å²) in [5.74, 6) is 0.290. The highest BCUT2D eigenvalue weighted by atomic mass is 32.1. The summed E-state index contributed by atoms with van der Waals surface area (Å²) in [5, 5.41) is 1.62. The number of aryl methyl sites for hydroxylation is 4. The van der Waals surface area contributed by atoms with E-state index in [1.54, 1.807) is 34.8 Å². The summed E-state index contributed by atoms with van der Waals surface area (Å²) in [5.41, 5.74) is 8.38. The lowest BCUT2D eigenvalue weighted by Gasteiger charge is -2.08. The van der Waals surface area contributed by atoms with Crippen molar-refractivity contribution in [1.29, 1.82) is 0 Å². The molecule has 0 radical (unpaired) electrons. The Balaban J connectivity index is 1.12. The van der Waals surface area contributed by atoms with E-state index in [0.717, 1.165) is 63.8 Å². The summed E-state index contributed by atoms with van der Waals surface area (Å²) in [6.45, 7) is 7.87. The normalized spacial score (nSPS) is 11.2. The number of carbonyl (C=O) groups is 2. The van der Waals surface area contributed by atoms with E-state index in [2.05, 4.69) is 0 Å². The predicted molar refractivity (Wildman–Crippen MR) is 185 cm³/mol. The molecule has 226 valence electrons. The van der Waals surface area contributed by atoms with Crippen LogP contribution in [0.4, 0.5) is 0 Å². The number of aromatic nitrogens is 2. The SMILES string of the molecule is Cc1ccc(OC(=O)c2cccc(-c3nc4cc5sc(-c6cccc(C(=O)Oc7ccc(C)cc7C)c6)nc5cc4s3)c2)c(C)c1. The topological polar surface area (TPSA) is 78.4 Å². The number of carbonyl (C=O) groups excluding carboxylic acids is 2. The number of hydrogen-bond acceptors (Lipinski definition) is 8. The van der Waals surface area contributed by atoms with Gasteiger partial charge in [0.05, 0.1) is 31.6 Å². The first-order valence-corrected chi connectivity index (χ1v) is 16.3. The predicted octanol–water partition coefficient (Wildman–Crippen LogP) is 9.91. The van der Waals surface area contributed by atoms with Crippen molar-refractivity contribution in [3.63, 3.8) is 0 Å². The molecule has 0 saturated carbocycles. The first-order chi connectivity index (χ1) is 22.2. The summed E-state index contributed by atoms with van der Waals surface area (Å²) in [6, 6.07) is 30.3. The largest absolute Gasteiger partial charge is 0.423 e. The lowest BCUT2D eigenvalue weighted by molar-refractivity contribution is 0.0724. The van der Waals surface area contributed by atoms with Crippen molar-refractivity contribution in [3.05, 3.63) is 130 Å². The van der Waals surface area contributed by atoms with E-state index in [0.29, 0.717) is 22.6 Å². The Morgan fingerprint density at radius 1 is 0.543 bits per heavy atom. The molecule has 0 saturated heterocycles. The smallest absolute Gasteiger partial charge is 0.343 e. The second-order valence-corrected chi connectivity index (χ2v) is 13.4. The van der Waals surface area contributed by atoms with E-state index in [1.807, 2.05) is 113 Å². The molecule has 0 unspecified atom stereocenters. The van der Waals surface area contributed by atoms with Gasteiger partial charge in [0.2, 0.25) is 0 Å². The minimum absolute atomic E-state index is 0.408. The summed E-state index contributed by atoms with van der Waals surface area (Å²) in [4.78, 5) is 35.7. The van der Waals surface area contributed by atoms with E-state index < -0.39 is 11.9 Å². The number of hydrogen-bond donors (Lipinski definition) is 0. The average molecular weight is 641 g/mol. The van der Waals surface area contributed by atoms with Crippen LogP contribution in [0.15, 0.2) is 97.1 Å². The molecule has 5 aromatic carbocycles. The van der Waals surface area contributed by atoms with Crippen LogP contribution in [0.25, 0.3) is 41.6 Å². The van der Waals surface area contributed by atoms with E-state index in [1.165, 1.54) is 0 Å². The molecule has 0 aliphatic carbocycles. The lowest BCUT2D eigenvalue weighted by Crippen LogP contribution is -2.09. The van der Waals surface area contributed by atoms with E-state index in [9.17, 15) is 9.59 Å². The van der Waals surface area contributed by atoms with Gasteiger partial charge in [-0.05, 0) is 87.4 Å². The summed E-state index contributed by atoms with van der Waals surface area (Å²) >= 11 is 3.10. The molecular formula is C38H28N2O4S2. The van der Waals surface area contributed by atoms with Crippen LogP contribution in [-0.2, 0) is 0 Å². The Bertz CT molecular complexity index is 2110. The molecule has 0 spiro atoms. The van der Waals surface area contributed by atoms with Crippen molar-refractivity contribution < 1.29 is 19.1 Å². The van der Waals surface area contributed by atoms with Crippen LogP contribution < -0.4 is 9.47 Å². The molecule has 2 aromatic heterocycles. The van der Waals surface area contributed by atoms with Crippen molar-refractivity contribution >= 4 is 55.0 Å². The third-order valence-electron chi connectivity index (χ3n) is 7.65. The van der Waals surface area contributed by atoms with Gasteiger partial charge in [0.15, 0.2) is 0 Å². The highest BCUT2D eigenvalue weighted by Crippen LogP contribution is 2.37. The standard InChI is InChI=1S/C38H28N2O4S2/c1-21-11-13-31(23(3)15-21)43-37(41)27-9-5-7-25(17-27)35-39-29-19-34-30(20-33(29)45-35)40-36(46-34)26-8-6-10-28(18-26)38(42)44-32-14-12-22(2)16-24(32)4/h5-20H,1-4H3. The Morgan fingerprint density at radius 2 is 0.978 bits per heavy atom. The van der Waals surface area contributed by atoms with Gasteiger partial charge < -0.3 is 9.47 Å². The molecule has 7 aromatic rings. The van der Waals surface area contributed by atoms with Gasteiger partial charge in [0, 0.05) is 11.1 Å². The molecule has 0 N–H and O–H groups in total. The van der Waals surface area contributed by atoms with E-state index in [4.69, 9.17) is 19.4 Å². The molecular weight excluding hydrogens is 613 g/mol. The highest BCUT2D eigenvalue weighted by Gasteiger charge is 2.17. The first kappa shape index (κ1) is 29.5. The van der Waals surface area contributed by atoms with Gasteiger partial charge in [0.1, 0.15) is 21.5 Å². The van der Waals surface area contributed by atoms with Crippen LogP contribution >= 0.6 is 22.7 Å². The fourth-order valence-electron chi connectivity index (χ4n) is 5.30. The number of benzene rings is 5. The number of nitrogens with zero attached hydrogens (tertiary/aromatic N) is 2. The van der Waals surface area contributed by atoms with Crippen molar-refractivity contribution in [2.24, 2.45) is 0 Å². The zero-order valence-corrected chi connectivity index (χ0v) is 27.2. The Morgan fingerprint density at radius 3 is 1.39 bits per heavy atom. The maximum Gasteiger partial charge on any atom is 0.343 e. The fraction of sp³-hybridized carbons (Fsp3) is 0.105. The summed E-state index contributed by atoms with van der Waals surface area (Å²) in [7, 11) is 0. The highest BCUT2D eigenvalue weighted by molar-refractivity contribution is 7.23. The quantitative estimate of drug-likeness (QED) is 0.133. The zero-order chi connectivity index (χ0) is 31.9. The minimum atomic E-state index is -0.408. The average Bonchev–Trinajstić information content (AvgIpc) is 3.66. The van der Waals surface area contributed by atoms with Gasteiger partial charge in [-0.15, -0.1) is 22.7 Å². The third-order valence-corrected chi connectivity index (χ3v) is 9.79. The van der Waals surface area contributed by atoms with Gasteiger partial charge in [-0.3, -0.25) is 0 Å². The molecule has 7 rings (SSSR count). The monoisotopic (exact) mass is 640 g/mol. The Labute approximate surface area is 273 Å². The van der Waals surface area contributed by atoms with E-state index in [-0.39, 0.29) is 0 Å². The number of fused-ring (bicyclic) bond motifs is 2. The summed E-state index contributed by atoms with van der Waals surface area (Å²) in [6.07, 6.45) is 0. The maximum atomic E-state index is 13.0. The Kier molecular flexibility index (Phi) is 7.68. The fourth-order valence-corrected chi connectivity index (χ4v) is 7.25. The van der Waals surface area contributed by atoms with Crippen LogP contribution in [-0.4, -0.2) is 21.9 Å². The Hall–Kier alpha value is -5.18. The molecule has 0 atom stereocenters. The van der Waals surface area contributed by atoms with Crippen LogP contribution in [0, 0.1) is 27.7 Å². The van der Waals surface area contributed by atoms with Gasteiger partial charge >= 0.3 is 11.9 Å². The van der Waals surface area contributed by atoms with Crippen LogP contribution in [0.2, 0.25) is 0 Å². The molecule has 0 aliphatic heterocycles. The number of esters is 2. The minimum Gasteiger partial charge on any atom is -0.423 e. The van der Waals surface area contributed by atoms with Crippen molar-refractivity contribution in [3.8, 4) is 32.6 Å². The van der Waals surface area contributed by atoms with Crippen molar-refractivity contribution in [1.82, 2.24) is 9.97 Å². The van der Waals surface area contributed by atoms with Crippen LogP contribution in [0.1, 0.15) is 43.0 Å². The van der Waals surface area contributed by atoms with Crippen LogP contribution in [0.3, 0.4) is 0 Å². The van der Waals surface area contributed by atoms with E-state index >= 15 is 0 Å². The number of thiazole rings is 2. The zero-order valence-electron chi connectivity index (χ0n) is 25.6. The van der Waals surface area contributed by atoms with Crippen molar-refractivity contribution in [2.45, 2.75) is 27.7 Å². The molecule has 2 heterocycles. The van der Waals surface area contributed by atoms with Gasteiger partial charge in [-0.1, -0.05) is 59.7 Å². The maximum absolute atomic E-state index is 13.0. The molecule has 46 heavy (non-hydrogen) atoms. The molecule has 0 fully saturated rings.